The second kappa shape index (κ2) is 3.72. The van der Waals surface area contributed by atoms with E-state index in [0.29, 0.717) is 6.04 Å². The summed E-state index contributed by atoms with van der Waals surface area (Å²) < 4.78 is 0. The number of nitrogens with zero attached hydrogens (tertiary/aromatic N) is 1. The molecule has 3 nitrogen and oxygen atoms in total. The molecule has 0 unspecified atom stereocenters. The van der Waals surface area contributed by atoms with Crippen LogP contribution in [0.2, 0.25) is 0 Å². The van der Waals surface area contributed by atoms with Gasteiger partial charge in [-0.1, -0.05) is 12.8 Å². The minimum Gasteiger partial charge on any atom is -0.342 e. The Morgan fingerprint density at radius 1 is 1.55 bits per heavy atom. The highest BCUT2D eigenvalue weighted by molar-refractivity contribution is 5.78. The predicted octanol–water partition coefficient (Wildman–Crippen LogP) is 0.346. The van der Waals surface area contributed by atoms with E-state index in [1.807, 2.05) is 7.05 Å². The SMILES string of the molecule is CN(C(=O)CN)C1CCCC1. The number of amides is 1. The first-order valence-electron chi connectivity index (χ1n) is 4.21. The molecule has 0 aromatic heterocycles. The molecule has 0 aromatic rings. The Labute approximate surface area is 67.5 Å². The summed E-state index contributed by atoms with van der Waals surface area (Å²) in [6.45, 7) is 0.146. The molecule has 11 heavy (non-hydrogen) atoms. The lowest BCUT2D eigenvalue weighted by Crippen LogP contribution is -2.39. The predicted molar refractivity (Wildman–Crippen MR) is 44.1 cm³/mol. The third-order valence-electron chi connectivity index (χ3n) is 2.44. The van der Waals surface area contributed by atoms with Gasteiger partial charge in [-0.15, -0.1) is 0 Å². The van der Waals surface area contributed by atoms with Gasteiger partial charge in [-0.2, -0.15) is 0 Å². The topological polar surface area (TPSA) is 46.3 Å². The van der Waals surface area contributed by atoms with Gasteiger partial charge in [-0.25, -0.2) is 0 Å². The third-order valence-corrected chi connectivity index (χ3v) is 2.44. The molecule has 0 aromatic carbocycles. The number of rotatable bonds is 2. The number of carbonyl (C=O) groups excluding carboxylic acids is 1. The quantitative estimate of drug-likeness (QED) is 0.627. The highest BCUT2D eigenvalue weighted by Gasteiger charge is 2.21. The minimum absolute atomic E-state index is 0.0666. The smallest absolute Gasteiger partial charge is 0.236 e. The van der Waals surface area contributed by atoms with E-state index < -0.39 is 0 Å². The van der Waals surface area contributed by atoms with Crippen LogP contribution in [-0.2, 0) is 4.79 Å². The van der Waals surface area contributed by atoms with Crippen molar-refractivity contribution in [3.8, 4) is 0 Å². The van der Waals surface area contributed by atoms with E-state index in [4.69, 9.17) is 5.73 Å². The van der Waals surface area contributed by atoms with E-state index in [1.54, 1.807) is 4.90 Å². The van der Waals surface area contributed by atoms with Crippen LogP contribution in [-0.4, -0.2) is 30.4 Å². The zero-order valence-electron chi connectivity index (χ0n) is 7.05. The molecule has 0 heterocycles. The van der Waals surface area contributed by atoms with Crippen LogP contribution in [0, 0.1) is 0 Å². The number of hydrogen-bond acceptors (Lipinski definition) is 2. The summed E-state index contributed by atoms with van der Waals surface area (Å²) in [6, 6.07) is 0.464. The van der Waals surface area contributed by atoms with Crippen LogP contribution in [0.1, 0.15) is 25.7 Å². The highest BCUT2D eigenvalue weighted by atomic mass is 16.2. The van der Waals surface area contributed by atoms with Crippen LogP contribution < -0.4 is 5.73 Å². The average molecular weight is 156 g/mol. The maximum absolute atomic E-state index is 11.1. The zero-order valence-corrected chi connectivity index (χ0v) is 7.05. The van der Waals surface area contributed by atoms with Crippen LogP contribution in [0.5, 0.6) is 0 Å². The Morgan fingerprint density at radius 2 is 2.09 bits per heavy atom. The number of carbonyl (C=O) groups is 1. The molecular formula is C8H16N2O. The van der Waals surface area contributed by atoms with Gasteiger partial charge in [0.1, 0.15) is 0 Å². The van der Waals surface area contributed by atoms with Crippen LogP contribution in [0.3, 0.4) is 0 Å². The fourth-order valence-corrected chi connectivity index (χ4v) is 1.64. The molecule has 1 fully saturated rings. The molecule has 0 saturated heterocycles. The van der Waals surface area contributed by atoms with Crippen molar-refractivity contribution in [2.75, 3.05) is 13.6 Å². The molecule has 1 rings (SSSR count). The molecule has 3 heteroatoms. The van der Waals surface area contributed by atoms with E-state index in [9.17, 15) is 4.79 Å². The van der Waals surface area contributed by atoms with E-state index in [2.05, 4.69) is 0 Å². The summed E-state index contributed by atoms with van der Waals surface area (Å²) in [6.07, 6.45) is 4.82. The maximum atomic E-state index is 11.1. The van der Waals surface area contributed by atoms with Gasteiger partial charge in [0.25, 0.3) is 0 Å². The Kier molecular flexibility index (Phi) is 2.88. The fraction of sp³-hybridized carbons (Fsp3) is 0.875. The van der Waals surface area contributed by atoms with Crippen LogP contribution >= 0.6 is 0 Å². The van der Waals surface area contributed by atoms with E-state index in [1.165, 1.54) is 12.8 Å². The van der Waals surface area contributed by atoms with Crippen molar-refractivity contribution in [2.24, 2.45) is 5.73 Å². The van der Waals surface area contributed by atoms with Gasteiger partial charge in [0.2, 0.25) is 5.91 Å². The second-order valence-corrected chi connectivity index (χ2v) is 3.15. The van der Waals surface area contributed by atoms with Gasteiger partial charge >= 0.3 is 0 Å². The molecular weight excluding hydrogens is 140 g/mol. The largest absolute Gasteiger partial charge is 0.342 e. The molecule has 1 aliphatic carbocycles. The summed E-state index contributed by atoms with van der Waals surface area (Å²) in [4.78, 5) is 12.9. The summed E-state index contributed by atoms with van der Waals surface area (Å²) in [5.74, 6) is 0.0666. The fourth-order valence-electron chi connectivity index (χ4n) is 1.64. The van der Waals surface area contributed by atoms with Crippen LogP contribution in [0.4, 0.5) is 0 Å². The normalized spacial score (nSPS) is 18.7. The van der Waals surface area contributed by atoms with Crippen LogP contribution in [0.15, 0.2) is 0 Å². The first-order chi connectivity index (χ1) is 5.25. The van der Waals surface area contributed by atoms with Crippen molar-refractivity contribution in [3.05, 3.63) is 0 Å². The van der Waals surface area contributed by atoms with Gasteiger partial charge in [0.15, 0.2) is 0 Å². The van der Waals surface area contributed by atoms with Crippen molar-refractivity contribution >= 4 is 5.91 Å². The monoisotopic (exact) mass is 156 g/mol. The Balaban J connectivity index is 2.39. The van der Waals surface area contributed by atoms with Gasteiger partial charge in [-0.05, 0) is 12.8 Å². The summed E-state index contributed by atoms with van der Waals surface area (Å²) >= 11 is 0. The minimum atomic E-state index is 0.0666. The standard InChI is InChI=1S/C8H16N2O/c1-10(8(11)6-9)7-4-2-3-5-7/h7H,2-6,9H2,1H3. The molecule has 1 aliphatic rings. The molecule has 0 atom stereocenters. The molecule has 0 spiro atoms. The van der Waals surface area contributed by atoms with Gasteiger partial charge in [0, 0.05) is 13.1 Å². The van der Waals surface area contributed by atoms with Crippen molar-refractivity contribution in [1.82, 2.24) is 4.90 Å². The van der Waals surface area contributed by atoms with Crippen molar-refractivity contribution in [1.29, 1.82) is 0 Å². The first kappa shape index (κ1) is 8.53. The van der Waals surface area contributed by atoms with Crippen molar-refractivity contribution in [2.45, 2.75) is 31.7 Å². The Bertz CT molecular complexity index is 141. The summed E-state index contributed by atoms with van der Waals surface area (Å²) in [5, 5.41) is 0. The van der Waals surface area contributed by atoms with Crippen molar-refractivity contribution in [3.63, 3.8) is 0 Å². The lowest BCUT2D eigenvalue weighted by molar-refractivity contribution is -0.130. The zero-order chi connectivity index (χ0) is 8.27. The third kappa shape index (κ3) is 1.93. The van der Waals surface area contributed by atoms with E-state index in [0.717, 1.165) is 12.8 Å². The van der Waals surface area contributed by atoms with E-state index in [-0.39, 0.29) is 12.5 Å². The Hall–Kier alpha value is -0.570. The van der Waals surface area contributed by atoms with E-state index >= 15 is 0 Å². The van der Waals surface area contributed by atoms with Gasteiger partial charge in [0.05, 0.1) is 6.54 Å². The van der Waals surface area contributed by atoms with Gasteiger partial charge in [-0.3, -0.25) is 4.79 Å². The first-order valence-corrected chi connectivity index (χ1v) is 4.21. The summed E-state index contributed by atoms with van der Waals surface area (Å²) in [7, 11) is 1.85. The maximum Gasteiger partial charge on any atom is 0.236 e. The summed E-state index contributed by atoms with van der Waals surface area (Å²) in [5.41, 5.74) is 5.25. The lowest BCUT2D eigenvalue weighted by Gasteiger charge is -2.23. The van der Waals surface area contributed by atoms with Crippen LogP contribution in [0.25, 0.3) is 0 Å². The number of hydrogen-bond donors (Lipinski definition) is 1. The number of nitrogens with two attached hydrogens (primary N) is 1. The molecule has 64 valence electrons. The molecule has 0 bridgehead atoms. The average Bonchev–Trinajstić information content (AvgIpc) is 2.53. The molecule has 0 radical (unpaired) electrons. The second-order valence-electron chi connectivity index (χ2n) is 3.15. The lowest BCUT2D eigenvalue weighted by atomic mass is 10.2. The molecule has 1 saturated carbocycles. The molecule has 1 amide bonds. The molecule has 2 N–H and O–H groups in total. The molecule has 0 aliphatic heterocycles. The van der Waals surface area contributed by atoms with Crippen molar-refractivity contribution < 1.29 is 4.79 Å². The van der Waals surface area contributed by atoms with Gasteiger partial charge < -0.3 is 10.6 Å². The Morgan fingerprint density at radius 3 is 2.55 bits per heavy atom. The highest BCUT2D eigenvalue weighted by Crippen LogP contribution is 2.21. The number of likely N-dealkylation sites (N-methyl/N-ethyl adjacent to an activating group) is 1.